The Labute approximate surface area is 146 Å². The highest BCUT2D eigenvalue weighted by molar-refractivity contribution is 6.09. The largest absolute Gasteiger partial charge is 0.461 e. The van der Waals surface area contributed by atoms with Crippen LogP contribution in [0.15, 0.2) is 48.5 Å². The number of carbonyl (C=O) groups is 2. The summed E-state index contributed by atoms with van der Waals surface area (Å²) in [6.45, 7) is 3.73. The van der Waals surface area contributed by atoms with E-state index in [0.717, 1.165) is 27.1 Å². The topological polar surface area (TPSA) is 52.6 Å². The second kappa shape index (κ2) is 7.34. The van der Waals surface area contributed by atoms with E-state index in [4.69, 9.17) is 9.47 Å². The monoisotopic (exact) mass is 336 g/mol. The van der Waals surface area contributed by atoms with Crippen LogP contribution in [0.25, 0.3) is 21.5 Å². The summed E-state index contributed by atoms with van der Waals surface area (Å²) in [5.41, 5.74) is 0.921. The summed E-state index contributed by atoms with van der Waals surface area (Å²) in [5.74, 6) is 0.0405. The highest BCUT2D eigenvalue weighted by Gasteiger charge is 2.17. The number of ether oxygens (including phenoxy) is 2. The molecule has 0 aliphatic carbocycles. The Morgan fingerprint density at radius 3 is 1.72 bits per heavy atom. The van der Waals surface area contributed by atoms with Gasteiger partial charge in [-0.3, -0.25) is 9.59 Å². The van der Waals surface area contributed by atoms with Crippen LogP contribution in [-0.2, 0) is 20.9 Å². The predicted molar refractivity (Wildman–Crippen MR) is 97.5 cm³/mol. The minimum atomic E-state index is -0.277. The maximum absolute atomic E-state index is 11.9. The minimum absolute atomic E-state index is 0.190. The molecule has 0 aromatic heterocycles. The fourth-order valence-electron chi connectivity index (χ4n) is 2.88. The second-order valence-corrected chi connectivity index (χ2v) is 5.74. The summed E-state index contributed by atoms with van der Waals surface area (Å²) in [4.78, 5) is 23.5. The highest BCUT2D eigenvalue weighted by Crippen LogP contribution is 2.38. The van der Waals surface area contributed by atoms with Gasteiger partial charge in [-0.05, 0) is 10.8 Å². The van der Waals surface area contributed by atoms with Crippen LogP contribution in [0.3, 0.4) is 0 Å². The molecule has 0 unspecified atom stereocenters. The molecule has 0 N–H and O–H groups in total. The average molecular weight is 336 g/mol. The van der Waals surface area contributed by atoms with Crippen LogP contribution < -0.4 is 4.74 Å². The third kappa shape index (κ3) is 3.33. The van der Waals surface area contributed by atoms with E-state index in [0.29, 0.717) is 18.6 Å². The zero-order valence-corrected chi connectivity index (χ0v) is 14.4. The lowest BCUT2D eigenvalue weighted by molar-refractivity contribution is -0.144. The Kier molecular flexibility index (Phi) is 4.98. The quantitative estimate of drug-likeness (QED) is 0.383. The average Bonchev–Trinajstić information content (AvgIpc) is 2.66. The maximum Gasteiger partial charge on any atom is 0.310 e. The number of rotatable bonds is 5. The number of carbonyl (C=O) groups excluding carboxylic acids is 2. The van der Waals surface area contributed by atoms with Gasteiger partial charge < -0.3 is 9.47 Å². The molecule has 3 aromatic carbocycles. The molecule has 4 heteroatoms. The minimum Gasteiger partial charge on any atom is -0.461 e. The van der Waals surface area contributed by atoms with Crippen molar-refractivity contribution < 1.29 is 19.1 Å². The molecule has 0 spiro atoms. The van der Waals surface area contributed by atoms with Crippen LogP contribution in [0.1, 0.15) is 32.3 Å². The molecule has 128 valence electrons. The van der Waals surface area contributed by atoms with E-state index in [9.17, 15) is 9.59 Å². The van der Waals surface area contributed by atoms with E-state index in [2.05, 4.69) is 0 Å². The van der Waals surface area contributed by atoms with Gasteiger partial charge in [-0.2, -0.15) is 0 Å². The summed E-state index contributed by atoms with van der Waals surface area (Å²) >= 11 is 0. The molecule has 0 heterocycles. The van der Waals surface area contributed by atoms with Crippen LogP contribution in [0.5, 0.6) is 5.75 Å². The molecule has 0 bridgehead atoms. The Balaban J connectivity index is 2.26. The molecule has 0 radical (unpaired) electrons. The van der Waals surface area contributed by atoms with Gasteiger partial charge >= 0.3 is 11.9 Å². The molecule has 0 saturated heterocycles. The van der Waals surface area contributed by atoms with Crippen LogP contribution in [0, 0.1) is 0 Å². The first-order valence-electron chi connectivity index (χ1n) is 8.44. The summed E-state index contributed by atoms with van der Waals surface area (Å²) < 4.78 is 11.0. The van der Waals surface area contributed by atoms with Gasteiger partial charge in [0.2, 0.25) is 0 Å². The predicted octanol–water partition coefficient (Wildman–Crippen LogP) is 4.76. The zero-order valence-electron chi connectivity index (χ0n) is 14.4. The molecule has 3 rings (SSSR count). The van der Waals surface area contributed by atoms with Gasteiger partial charge in [0.25, 0.3) is 0 Å². The van der Waals surface area contributed by atoms with Crippen LogP contribution in [0.2, 0.25) is 0 Å². The van der Waals surface area contributed by atoms with E-state index in [1.807, 2.05) is 48.5 Å². The highest BCUT2D eigenvalue weighted by atomic mass is 16.5. The summed E-state index contributed by atoms with van der Waals surface area (Å²) in [6.07, 6.45) is 0.639. The van der Waals surface area contributed by atoms with Crippen molar-refractivity contribution in [1.82, 2.24) is 0 Å². The van der Waals surface area contributed by atoms with Crippen molar-refractivity contribution >= 4 is 33.5 Å². The SMILES string of the molecule is CCC(=O)OCc1c2ccccc2c(OC(=O)CC)c2ccccc12. The molecule has 0 atom stereocenters. The van der Waals surface area contributed by atoms with Crippen molar-refractivity contribution in [2.45, 2.75) is 33.3 Å². The molecule has 0 aliphatic rings. The fraction of sp³-hybridized carbons (Fsp3) is 0.238. The molecule has 0 saturated carbocycles. The van der Waals surface area contributed by atoms with Crippen molar-refractivity contribution in [1.29, 1.82) is 0 Å². The third-order valence-electron chi connectivity index (χ3n) is 4.16. The van der Waals surface area contributed by atoms with Crippen molar-refractivity contribution in [3.8, 4) is 5.75 Å². The molecular formula is C21H20O4. The summed E-state index contributed by atoms with van der Waals surface area (Å²) in [7, 11) is 0. The van der Waals surface area contributed by atoms with Crippen LogP contribution in [-0.4, -0.2) is 11.9 Å². The van der Waals surface area contributed by atoms with E-state index in [1.54, 1.807) is 13.8 Å². The van der Waals surface area contributed by atoms with E-state index < -0.39 is 0 Å². The molecule has 0 amide bonds. The third-order valence-corrected chi connectivity index (χ3v) is 4.16. The van der Waals surface area contributed by atoms with Crippen LogP contribution >= 0.6 is 0 Å². The lowest BCUT2D eigenvalue weighted by atomic mass is 9.96. The van der Waals surface area contributed by atoms with Crippen molar-refractivity contribution in [3.05, 3.63) is 54.1 Å². The molecule has 3 aromatic rings. The smallest absolute Gasteiger partial charge is 0.310 e. The first kappa shape index (κ1) is 17.0. The van der Waals surface area contributed by atoms with Gasteiger partial charge in [-0.25, -0.2) is 0 Å². The maximum atomic E-state index is 11.9. The zero-order chi connectivity index (χ0) is 17.8. The molecule has 25 heavy (non-hydrogen) atoms. The standard InChI is InChI=1S/C21H20O4/c1-3-19(22)24-13-18-14-9-5-7-11-16(14)21(25-20(23)4-2)17-12-8-6-10-15(17)18/h5-12H,3-4,13H2,1-2H3. The van der Waals surface area contributed by atoms with E-state index in [-0.39, 0.29) is 18.5 Å². The molecular weight excluding hydrogens is 316 g/mol. The Morgan fingerprint density at radius 2 is 1.24 bits per heavy atom. The first-order chi connectivity index (χ1) is 12.2. The number of esters is 2. The number of fused-ring (bicyclic) bond motifs is 2. The van der Waals surface area contributed by atoms with Crippen molar-refractivity contribution in [2.24, 2.45) is 0 Å². The lowest BCUT2D eigenvalue weighted by Crippen LogP contribution is -2.08. The van der Waals surface area contributed by atoms with Gasteiger partial charge in [0.1, 0.15) is 12.4 Å². The van der Waals surface area contributed by atoms with Gasteiger partial charge in [0.05, 0.1) is 0 Å². The Morgan fingerprint density at radius 1 is 0.760 bits per heavy atom. The number of hydrogen-bond donors (Lipinski definition) is 0. The Bertz CT molecular complexity index is 886. The lowest BCUT2D eigenvalue weighted by Gasteiger charge is -2.16. The van der Waals surface area contributed by atoms with Crippen LogP contribution in [0.4, 0.5) is 0 Å². The van der Waals surface area contributed by atoms with E-state index in [1.165, 1.54) is 0 Å². The summed E-state index contributed by atoms with van der Waals surface area (Å²) in [6, 6.07) is 15.4. The van der Waals surface area contributed by atoms with Gasteiger partial charge in [-0.15, -0.1) is 0 Å². The first-order valence-corrected chi connectivity index (χ1v) is 8.44. The molecule has 0 fully saturated rings. The number of benzene rings is 3. The normalized spacial score (nSPS) is 10.8. The van der Waals surface area contributed by atoms with Crippen molar-refractivity contribution in [3.63, 3.8) is 0 Å². The summed E-state index contributed by atoms with van der Waals surface area (Å²) in [5, 5.41) is 3.52. The second-order valence-electron chi connectivity index (χ2n) is 5.74. The molecule has 0 aliphatic heterocycles. The number of hydrogen-bond acceptors (Lipinski definition) is 4. The molecule has 4 nitrogen and oxygen atoms in total. The van der Waals surface area contributed by atoms with E-state index >= 15 is 0 Å². The van der Waals surface area contributed by atoms with Gasteiger partial charge in [-0.1, -0.05) is 62.4 Å². The Hall–Kier alpha value is -2.88. The fourth-order valence-corrected chi connectivity index (χ4v) is 2.88. The van der Waals surface area contributed by atoms with Crippen molar-refractivity contribution in [2.75, 3.05) is 0 Å². The van der Waals surface area contributed by atoms with Gasteiger partial charge in [0.15, 0.2) is 0 Å². The van der Waals surface area contributed by atoms with Gasteiger partial charge in [0, 0.05) is 29.2 Å².